The van der Waals surface area contributed by atoms with E-state index in [9.17, 15) is 9.50 Å². The molecule has 130 valence electrons. The van der Waals surface area contributed by atoms with Crippen LogP contribution in [0.3, 0.4) is 0 Å². The lowest BCUT2D eigenvalue weighted by Crippen LogP contribution is -2.35. The van der Waals surface area contributed by atoms with Gasteiger partial charge in [-0.25, -0.2) is 4.39 Å². The van der Waals surface area contributed by atoms with E-state index in [1.54, 1.807) is 24.3 Å². The summed E-state index contributed by atoms with van der Waals surface area (Å²) in [6, 6.07) is 15.7. The highest BCUT2D eigenvalue weighted by Gasteiger charge is 2.27. The van der Waals surface area contributed by atoms with E-state index < -0.39 is 6.10 Å². The first-order valence-corrected chi connectivity index (χ1v) is 8.46. The van der Waals surface area contributed by atoms with Crippen molar-refractivity contribution in [3.05, 3.63) is 65.5 Å². The average Bonchev–Trinajstić information content (AvgIpc) is 3.09. The van der Waals surface area contributed by atoms with E-state index in [1.807, 2.05) is 12.1 Å². The van der Waals surface area contributed by atoms with Crippen LogP contribution < -0.4 is 4.74 Å². The number of nitriles is 1. The van der Waals surface area contributed by atoms with Crippen molar-refractivity contribution in [2.24, 2.45) is 0 Å². The minimum absolute atomic E-state index is 0.193. The van der Waals surface area contributed by atoms with Gasteiger partial charge in [-0.15, -0.1) is 0 Å². The van der Waals surface area contributed by atoms with Crippen molar-refractivity contribution in [2.45, 2.75) is 25.0 Å². The molecule has 1 aliphatic heterocycles. The maximum Gasteiger partial charge on any atom is 0.123 e. The van der Waals surface area contributed by atoms with Gasteiger partial charge in [-0.1, -0.05) is 12.1 Å². The van der Waals surface area contributed by atoms with Crippen molar-refractivity contribution < 1.29 is 14.2 Å². The smallest absolute Gasteiger partial charge is 0.123 e. The third kappa shape index (κ3) is 4.56. The first kappa shape index (κ1) is 17.4. The number of likely N-dealkylation sites (tertiary alicyclic amines) is 1. The van der Waals surface area contributed by atoms with Gasteiger partial charge in [0.2, 0.25) is 0 Å². The molecule has 1 aliphatic rings. The Labute approximate surface area is 147 Å². The Balaban J connectivity index is 1.53. The average molecular weight is 340 g/mol. The zero-order chi connectivity index (χ0) is 17.6. The molecule has 1 N–H and O–H groups in total. The highest BCUT2D eigenvalue weighted by molar-refractivity contribution is 5.34. The molecule has 2 unspecified atom stereocenters. The SMILES string of the molecule is N#Cc1ccc(OCC(O)CN2CCCC2c2ccc(F)cc2)cc1. The fourth-order valence-corrected chi connectivity index (χ4v) is 3.25. The van der Waals surface area contributed by atoms with Crippen molar-refractivity contribution in [2.75, 3.05) is 19.7 Å². The van der Waals surface area contributed by atoms with Gasteiger partial charge in [0.1, 0.15) is 24.3 Å². The molecule has 1 saturated heterocycles. The van der Waals surface area contributed by atoms with E-state index >= 15 is 0 Å². The second kappa shape index (κ2) is 8.11. The van der Waals surface area contributed by atoms with Crippen LogP contribution >= 0.6 is 0 Å². The van der Waals surface area contributed by atoms with E-state index in [2.05, 4.69) is 11.0 Å². The van der Waals surface area contributed by atoms with Crippen molar-refractivity contribution in [1.82, 2.24) is 4.90 Å². The first-order chi connectivity index (χ1) is 12.2. The van der Waals surface area contributed by atoms with Crippen LogP contribution in [0, 0.1) is 17.1 Å². The van der Waals surface area contributed by atoms with Gasteiger partial charge in [0.15, 0.2) is 0 Å². The lowest BCUT2D eigenvalue weighted by molar-refractivity contribution is 0.0638. The lowest BCUT2D eigenvalue weighted by Gasteiger charge is -2.27. The fourth-order valence-electron chi connectivity index (χ4n) is 3.25. The van der Waals surface area contributed by atoms with Gasteiger partial charge in [-0.2, -0.15) is 5.26 Å². The molecule has 0 saturated carbocycles. The second-order valence-electron chi connectivity index (χ2n) is 6.31. The summed E-state index contributed by atoms with van der Waals surface area (Å²) in [4.78, 5) is 2.22. The van der Waals surface area contributed by atoms with E-state index in [4.69, 9.17) is 10.00 Å². The minimum atomic E-state index is -0.614. The molecule has 2 atom stereocenters. The maximum atomic E-state index is 13.1. The summed E-state index contributed by atoms with van der Waals surface area (Å²) in [6.07, 6.45) is 1.46. The quantitative estimate of drug-likeness (QED) is 0.877. The van der Waals surface area contributed by atoms with Crippen LogP contribution in [0.2, 0.25) is 0 Å². The predicted octanol–water partition coefficient (Wildman–Crippen LogP) is 3.27. The van der Waals surface area contributed by atoms with E-state index in [0.29, 0.717) is 17.9 Å². The number of ether oxygens (including phenoxy) is 1. The zero-order valence-electron chi connectivity index (χ0n) is 13.9. The van der Waals surface area contributed by atoms with Gasteiger partial charge < -0.3 is 9.84 Å². The van der Waals surface area contributed by atoms with Crippen molar-refractivity contribution in [1.29, 1.82) is 5.26 Å². The van der Waals surface area contributed by atoms with Gasteiger partial charge >= 0.3 is 0 Å². The largest absolute Gasteiger partial charge is 0.491 e. The Morgan fingerprint density at radius 1 is 1.20 bits per heavy atom. The van der Waals surface area contributed by atoms with Gasteiger partial charge in [-0.3, -0.25) is 4.90 Å². The van der Waals surface area contributed by atoms with E-state index in [0.717, 1.165) is 24.9 Å². The summed E-state index contributed by atoms with van der Waals surface area (Å²) < 4.78 is 18.7. The molecule has 2 aromatic carbocycles. The molecule has 0 amide bonds. The lowest BCUT2D eigenvalue weighted by atomic mass is 10.0. The number of rotatable bonds is 6. The van der Waals surface area contributed by atoms with Gasteiger partial charge in [0.25, 0.3) is 0 Å². The van der Waals surface area contributed by atoms with Crippen LogP contribution in [0.1, 0.15) is 30.0 Å². The summed E-state index contributed by atoms with van der Waals surface area (Å²) in [6.45, 7) is 1.62. The zero-order valence-corrected chi connectivity index (χ0v) is 13.9. The molecule has 0 bridgehead atoms. The molecule has 0 aliphatic carbocycles. The molecular formula is C20H21FN2O2. The van der Waals surface area contributed by atoms with Crippen LogP contribution in [-0.2, 0) is 0 Å². The van der Waals surface area contributed by atoms with Crippen molar-refractivity contribution >= 4 is 0 Å². The normalized spacial score (nSPS) is 18.7. The number of halogens is 1. The van der Waals surface area contributed by atoms with Crippen molar-refractivity contribution in [3.63, 3.8) is 0 Å². The van der Waals surface area contributed by atoms with Crippen LogP contribution in [0.5, 0.6) is 5.75 Å². The number of hydrogen-bond acceptors (Lipinski definition) is 4. The molecule has 5 heteroatoms. The Morgan fingerprint density at radius 2 is 1.92 bits per heavy atom. The number of β-amino-alcohol motifs (C(OH)–C–C–N with tert-alkyl or cyclic N) is 1. The molecule has 1 fully saturated rings. The van der Waals surface area contributed by atoms with Crippen LogP contribution in [0.25, 0.3) is 0 Å². The van der Waals surface area contributed by atoms with Gasteiger partial charge in [0.05, 0.1) is 11.6 Å². The van der Waals surface area contributed by atoms with E-state index in [-0.39, 0.29) is 18.5 Å². The van der Waals surface area contributed by atoms with Crippen molar-refractivity contribution in [3.8, 4) is 11.8 Å². The Bertz CT molecular complexity index is 725. The maximum absolute atomic E-state index is 13.1. The molecule has 2 aromatic rings. The van der Waals surface area contributed by atoms with Crippen LogP contribution in [0.15, 0.2) is 48.5 Å². The first-order valence-electron chi connectivity index (χ1n) is 8.46. The minimum Gasteiger partial charge on any atom is -0.491 e. The van der Waals surface area contributed by atoms with E-state index in [1.165, 1.54) is 12.1 Å². The summed E-state index contributed by atoms with van der Waals surface area (Å²) in [7, 11) is 0. The van der Waals surface area contributed by atoms with Gasteiger partial charge in [-0.05, 0) is 61.3 Å². The molecule has 4 nitrogen and oxygen atoms in total. The third-order valence-corrected chi connectivity index (χ3v) is 4.49. The molecule has 1 heterocycles. The molecule has 3 rings (SSSR count). The fraction of sp³-hybridized carbons (Fsp3) is 0.350. The molecule has 0 aromatic heterocycles. The summed E-state index contributed by atoms with van der Waals surface area (Å²) >= 11 is 0. The van der Waals surface area contributed by atoms with Gasteiger partial charge in [0, 0.05) is 12.6 Å². The second-order valence-corrected chi connectivity index (χ2v) is 6.31. The molecule has 0 spiro atoms. The Kier molecular flexibility index (Phi) is 5.64. The molecule has 25 heavy (non-hydrogen) atoms. The van der Waals surface area contributed by atoms with Crippen LogP contribution in [-0.4, -0.2) is 35.8 Å². The number of aliphatic hydroxyl groups is 1. The highest BCUT2D eigenvalue weighted by atomic mass is 19.1. The third-order valence-electron chi connectivity index (χ3n) is 4.49. The topological polar surface area (TPSA) is 56.5 Å². The highest BCUT2D eigenvalue weighted by Crippen LogP contribution is 2.31. The summed E-state index contributed by atoms with van der Waals surface area (Å²) in [5.41, 5.74) is 1.66. The Hall–Kier alpha value is -2.42. The summed E-state index contributed by atoms with van der Waals surface area (Å²) in [5.74, 6) is 0.402. The number of aliphatic hydroxyl groups excluding tert-OH is 1. The predicted molar refractivity (Wildman–Crippen MR) is 92.6 cm³/mol. The van der Waals surface area contributed by atoms with Crippen LogP contribution in [0.4, 0.5) is 4.39 Å². The number of hydrogen-bond donors (Lipinski definition) is 1. The number of nitrogens with zero attached hydrogens (tertiary/aromatic N) is 2. The number of benzene rings is 2. The molecule has 0 radical (unpaired) electrons. The Morgan fingerprint density at radius 3 is 2.60 bits per heavy atom. The molecular weight excluding hydrogens is 319 g/mol. The standard InChI is InChI=1S/C20H21FN2O2/c21-17-7-5-16(6-8-17)20-2-1-11-23(20)13-18(24)14-25-19-9-3-15(12-22)4-10-19/h3-10,18,20,24H,1-2,11,13-14H2. The summed E-state index contributed by atoms with van der Waals surface area (Å²) in [5, 5.41) is 19.1. The monoisotopic (exact) mass is 340 g/mol.